The summed E-state index contributed by atoms with van der Waals surface area (Å²) in [6.45, 7) is 1.82. The maximum absolute atomic E-state index is 15.1. The fraction of sp³-hybridized carbons (Fsp3) is 0.107. The summed E-state index contributed by atoms with van der Waals surface area (Å²) in [6.07, 6.45) is 1.53. The number of benzene rings is 3. The van der Waals surface area contributed by atoms with Gasteiger partial charge in [0.25, 0.3) is 11.5 Å². The zero-order chi connectivity index (χ0) is 26.2. The van der Waals surface area contributed by atoms with Crippen molar-refractivity contribution in [2.45, 2.75) is 19.0 Å². The number of pyridine rings is 1. The first kappa shape index (κ1) is 24.3. The number of hydrogen-bond donors (Lipinski definition) is 2. The van der Waals surface area contributed by atoms with E-state index in [0.29, 0.717) is 22.0 Å². The van der Waals surface area contributed by atoms with E-state index in [2.05, 4.69) is 10.6 Å². The predicted molar refractivity (Wildman–Crippen MR) is 140 cm³/mol. The van der Waals surface area contributed by atoms with Gasteiger partial charge in [0.1, 0.15) is 11.4 Å². The SMILES string of the molecule is C[C@]1(C(=O)Nc2ccc(-n3ccccc3=O)cc2F)c2ccccc2CN1C(=O)Nc1ccc(Cl)cc1. The highest BCUT2D eigenvalue weighted by Gasteiger charge is 2.49. The molecule has 1 atom stereocenters. The summed E-state index contributed by atoms with van der Waals surface area (Å²) in [4.78, 5) is 40.5. The second-order valence-electron chi connectivity index (χ2n) is 8.78. The Bertz CT molecular complexity index is 1570. The molecule has 37 heavy (non-hydrogen) atoms. The number of urea groups is 1. The standard InChI is InChI=1S/C28H22ClFN4O3/c1-28(26(36)32-24-14-13-21(16-23(24)30)33-15-5-4-8-25(33)35)22-7-3-2-6-18(22)17-34(28)27(37)31-20-11-9-19(29)10-12-20/h2-16H,17H2,1H3,(H,31,37)(H,32,36)/t28-/m1/s1. The highest BCUT2D eigenvalue weighted by atomic mass is 35.5. The van der Waals surface area contributed by atoms with E-state index in [-0.39, 0.29) is 17.8 Å². The zero-order valence-corrected chi connectivity index (χ0v) is 20.5. The third kappa shape index (κ3) is 4.47. The largest absolute Gasteiger partial charge is 0.323 e. The molecule has 7 nitrogen and oxygen atoms in total. The lowest BCUT2D eigenvalue weighted by molar-refractivity contribution is -0.125. The topological polar surface area (TPSA) is 83.4 Å². The van der Waals surface area contributed by atoms with Crippen molar-refractivity contribution in [2.75, 3.05) is 10.6 Å². The van der Waals surface area contributed by atoms with Crippen LogP contribution >= 0.6 is 11.6 Å². The average Bonchev–Trinajstić information content (AvgIpc) is 3.21. The molecule has 1 aliphatic rings. The Morgan fingerprint density at radius 3 is 2.41 bits per heavy atom. The molecule has 0 fully saturated rings. The van der Waals surface area contributed by atoms with E-state index in [0.717, 1.165) is 5.56 Å². The molecule has 0 unspecified atom stereocenters. The van der Waals surface area contributed by atoms with Crippen LogP contribution in [0.4, 0.5) is 20.6 Å². The van der Waals surface area contributed by atoms with Crippen LogP contribution in [0.15, 0.2) is 95.9 Å². The lowest BCUT2D eigenvalue weighted by Crippen LogP contribution is -2.52. The molecule has 9 heteroatoms. The molecule has 2 N–H and O–H groups in total. The average molecular weight is 517 g/mol. The molecule has 0 spiro atoms. The first-order valence-electron chi connectivity index (χ1n) is 11.5. The van der Waals surface area contributed by atoms with Crippen LogP contribution in [0, 0.1) is 5.82 Å². The normalized spacial score (nSPS) is 16.2. The van der Waals surface area contributed by atoms with Crippen LogP contribution in [0.1, 0.15) is 18.1 Å². The first-order chi connectivity index (χ1) is 17.8. The Labute approximate surface area is 217 Å². The highest BCUT2D eigenvalue weighted by Crippen LogP contribution is 2.40. The number of carbonyl (C=O) groups is 2. The van der Waals surface area contributed by atoms with E-state index < -0.39 is 23.3 Å². The van der Waals surface area contributed by atoms with E-state index >= 15 is 4.39 Å². The van der Waals surface area contributed by atoms with Gasteiger partial charge in [0.2, 0.25) is 0 Å². The lowest BCUT2D eigenvalue weighted by Gasteiger charge is -2.34. The molecule has 1 aromatic heterocycles. The van der Waals surface area contributed by atoms with E-state index in [1.807, 2.05) is 12.1 Å². The molecule has 3 aromatic carbocycles. The summed E-state index contributed by atoms with van der Waals surface area (Å²) in [5.74, 6) is -1.29. The van der Waals surface area contributed by atoms with Crippen LogP contribution in [0.2, 0.25) is 5.02 Å². The van der Waals surface area contributed by atoms with Crippen LogP contribution in [0.25, 0.3) is 5.69 Å². The van der Waals surface area contributed by atoms with Gasteiger partial charge in [0.05, 0.1) is 11.4 Å². The van der Waals surface area contributed by atoms with Crippen molar-refractivity contribution >= 4 is 34.9 Å². The number of anilines is 2. The molecular formula is C28H22ClFN4O3. The van der Waals surface area contributed by atoms with Crippen LogP contribution in [0.3, 0.4) is 0 Å². The van der Waals surface area contributed by atoms with Gasteiger partial charge in [-0.25, -0.2) is 9.18 Å². The summed E-state index contributed by atoms with van der Waals surface area (Å²) in [7, 11) is 0. The predicted octanol–water partition coefficient (Wildman–Crippen LogP) is 5.53. The van der Waals surface area contributed by atoms with Gasteiger partial charge in [-0.3, -0.25) is 14.2 Å². The molecule has 2 heterocycles. The molecule has 1 aliphatic heterocycles. The summed E-state index contributed by atoms with van der Waals surface area (Å²) in [5.41, 5.74) is 0.498. The minimum atomic E-state index is -1.42. The minimum Gasteiger partial charge on any atom is -0.321 e. The smallest absolute Gasteiger partial charge is 0.321 e. The van der Waals surface area contributed by atoms with Gasteiger partial charge in [-0.05, 0) is 60.5 Å². The van der Waals surface area contributed by atoms with Gasteiger partial charge in [0.15, 0.2) is 0 Å². The maximum atomic E-state index is 15.1. The summed E-state index contributed by atoms with van der Waals surface area (Å²) in [6, 6.07) is 22.1. The van der Waals surface area contributed by atoms with Crippen molar-refractivity contribution in [3.05, 3.63) is 123 Å². The first-order valence-corrected chi connectivity index (χ1v) is 11.9. The quantitative estimate of drug-likeness (QED) is 0.374. The number of nitrogens with one attached hydrogen (secondary N) is 2. The third-order valence-electron chi connectivity index (χ3n) is 6.49. The number of rotatable bonds is 4. The van der Waals surface area contributed by atoms with Gasteiger partial charge in [0, 0.05) is 35.6 Å². The molecule has 186 valence electrons. The molecule has 0 saturated carbocycles. The molecular weight excluding hydrogens is 495 g/mol. The van der Waals surface area contributed by atoms with Gasteiger partial charge in [-0.15, -0.1) is 0 Å². The Balaban J connectivity index is 1.45. The van der Waals surface area contributed by atoms with Crippen LogP contribution in [0.5, 0.6) is 0 Å². The molecule has 0 saturated heterocycles. The second-order valence-corrected chi connectivity index (χ2v) is 9.22. The molecule has 3 amide bonds. The van der Waals surface area contributed by atoms with Crippen LogP contribution < -0.4 is 16.2 Å². The number of fused-ring (bicyclic) bond motifs is 1. The van der Waals surface area contributed by atoms with E-state index in [1.165, 1.54) is 39.9 Å². The highest BCUT2D eigenvalue weighted by molar-refractivity contribution is 6.30. The van der Waals surface area contributed by atoms with E-state index in [9.17, 15) is 14.4 Å². The van der Waals surface area contributed by atoms with Crippen molar-refractivity contribution in [3.63, 3.8) is 0 Å². The molecule has 0 aliphatic carbocycles. The van der Waals surface area contributed by atoms with Crippen molar-refractivity contribution in [3.8, 4) is 5.69 Å². The molecule has 0 radical (unpaired) electrons. The molecule has 4 aromatic rings. The fourth-order valence-corrected chi connectivity index (χ4v) is 4.62. The molecule has 5 rings (SSSR count). The number of aromatic nitrogens is 1. The Morgan fingerprint density at radius 1 is 0.946 bits per heavy atom. The second kappa shape index (κ2) is 9.55. The Morgan fingerprint density at radius 2 is 1.68 bits per heavy atom. The van der Waals surface area contributed by atoms with Crippen molar-refractivity contribution in [1.29, 1.82) is 0 Å². The van der Waals surface area contributed by atoms with Crippen molar-refractivity contribution in [2.24, 2.45) is 0 Å². The Hall–Kier alpha value is -4.43. The number of carbonyl (C=O) groups excluding carboxylic acids is 2. The fourth-order valence-electron chi connectivity index (χ4n) is 4.49. The number of halogens is 2. The lowest BCUT2D eigenvalue weighted by atomic mass is 9.90. The van der Waals surface area contributed by atoms with Crippen LogP contribution in [-0.4, -0.2) is 21.4 Å². The number of nitrogens with zero attached hydrogens (tertiary/aromatic N) is 2. The number of hydrogen-bond acceptors (Lipinski definition) is 3. The zero-order valence-electron chi connectivity index (χ0n) is 19.7. The third-order valence-corrected chi connectivity index (χ3v) is 6.75. The van der Waals surface area contributed by atoms with Gasteiger partial charge < -0.3 is 15.5 Å². The van der Waals surface area contributed by atoms with Gasteiger partial charge in [-0.2, -0.15) is 0 Å². The summed E-state index contributed by atoms with van der Waals surface area (Å²) < 4.78 is 16.4. The van der Waals surface area contributed by atoms with E-state index in [1.54, 1.807) is 55.5 Å². The van der Waals surface area contributed by atoms with Crippen molar-refractivity contribution < 1.29 is 14.0 Å². The monoisotopic (exact) mass is 516 g/mol. The van der Waals surface area contributed by atoms with Crippen LogP contribution in [-0.2, 0) is 16.9 Å². The summed E-state index contributed by atoms with van der Waals surface area (Å²) in [5, 5.41) is 5.98. The summed E-state index contributed by atoms with van der Waals surface area (Å²) >= 11 is 5.94. The minimum absolute atomic E-state index is 0.0682. The Kier molecular flexibility index (Phi) is 6.27. The maximum Gasteiger partial charge on any atom is 0.323 e. The van der Waals surface area contributed by atoms with E-state index in [4.69, 9.17) is 11.6 Å². The molecule has 0 bridgehead atoms. The van der Waals surface area contributed by atoms with Gasteiger partial charge in [-0.1, -0.05) is 41.9 Å². The van der Waals surface area contributed by atoms with Crippen molar-refractivity contribution in [1.82, 2.24) is 9.47 Å². The van der Waals surface area contributed by atoms with Gasteiger partial charge >= 0.3 is 6.03 Å². The number of amides is 3.